The summed E-state index contributed by atoms with van der Waals surface area (Å²) in [4.78, 5) is 26.5. The van der Waals surface area contributed by atoms with Gasteiger partial charge in [0.05, 0.1) is 11.3 Å². The smallest absolute Gasteiger partial charge is 0.255 e. The Hall–Kier alpha value is -3.05. The van der Waals surface area contributed by atoms with Gasteiger partial charge in [-0.2, -0.15) is 0 Å². The number of nitrogens with one attached hydrogen (secondary N) is 2. The minimum absolute atomic E-state index is 0.202. The maximum absolute atomic E-state index is 12.8. The third-order valence-electron chi connectivity index (χ3n) is 4.65. The van der Waals surface area contributed by atoms with Gasteiger partial charge in [0.2, 0.25) is 0 Å². The van der Waals surface area contributed by atoms with Gasteiger partial charge in [0.15, 0.2) is 0 Å². The Labute approximate surface area is 175 Å². The van der Waals surface area contributed by atoms with Gasteiger partial charge in [-0.15, -0.1) is 11.8 Å². The molecule has 0 atom stereocenters. The highest BCUT2D eigenvalue weighted by Gasteiger charge is 2.15. The summed E-state index contributed by atoms with van der Waals surface area (Å²) in [5.74, 6) is -0.422. The van der Waals surface area contributed by atoms with Crippen molar-refractivity contribution in [3.8, 4) is 0 Å². The molecule has 0 aliphatic rings. The number of thioether (sulfide) groups is 1. The lowest BCUT2D eigenvalue weighted by molar-refractivity contribution is 0.0955. The van der Waals surface area contributed by atoms with Crippen molar-refractivity contribution in [2.45, 2.75) is 18.2 Å². The number of carbonyl (C=O) groups excluding carboxylic acids is 2. The quantitative estimate of drug-likeness (QED) is 0.548. The van der Waals surface area contributed by atoms with E-state index in [9.17, 15) is 9.59 Å². The van der Waals surface area contributed by atoms with E-state index in [2.05, 4.69) is 10.6 Å². The zero-order valence-electron chi connectivity index (χ0n) is 16.6. The normalized spacial score (nSPS) is 10.4. The maximum Gasteiger partial charge on any atom is 0.255 e. The maximum atomic E-state index is 12.8. The molecule has 3 aromatic carbocycles. The molecule has 0 radical (unpaired) electrons. The molecule has 29 heavy (non-hydrogen) atoms. The summed E-state index contributed by atoms with van der Waals surface area (Å²) in [5.41, 5.74) is 3.62. The van der Waals surface area contributed by atoms with Crippen LogP contribution in [0.5, 0.6) is 0 Å². The molecule has 3 rings (SSSR count). The highest BCUT2D eigenvalue weighted by Crippen LogP contribution is 2.21. The molecule has 0 aliphatic heterocycles. The Kier molecular flexibility index (Phi) is 7.09. The summed E-state index contributed by atoms with van der Waals surface area (Å²) in [6.07, 6.45) is 2.73. The summed E-state index contributed by atoms with van der Waals surface area (Å²) in [6.45, 7) is 2.43. The fourth-order valence-electron chi connectivity index (χ4n) is 3.01. The number of anilines is 1. The van der Waals surface area contributed by atoms with E-state index in [1.165, 1.54) is 5.56 Å². The highest BCUT2D eigenvalue weighted by atomic mass is 32.2. The molecule has 0 spiro atoms. The van der Waals surface area contributed by atoms with Gasteiger partial charge in [-0.1, -0.05) is 48.5 Å². The molecule has 3 aromatic rings. The monoisotopic (exact) mass is 404 g/mol. The molecule has 0 saturated carbocycles. The van der Waals surface area contributed by atoms with Crippen LogP contribution in [0, 0.1) is 6.92 Å². The van der Waals surface area contributed by atoms with Crippen molar-refractivity contribution in [3.05, 3.63) is 95.1 Å². The highest BCUT2D eigenvalue weighted by molar-refractivity contribution is 7.98. The molecule has 148 valence electrons. The van der Waals surface area contributed by atoms with Gasteiger partial charge in [0, 0.05) is 17.0 Å². The number of hydrogen-bond acceptors (Lipinski definition) is 3. The van der Waals surface area contributed by atoms with Gasteiger partial charge in [-0.25, -0.2) is 0 Å². The summed E-state index contributed by atoms with van der Waals surface area (Å²) in [7, 11) is 0. The Bertz CT molecular complexity index is 1000. The number of amides is 2. The van der Waals surface area contributed by atoms with Gasteiger partial charge in [-0.3, -0.25) is 9.59 Å². The lowest BCUT2D eigenvalue weighted by Gasteiger charge is -2.13. The molecule has 0 aromatic heterocycles. The molecule has 0 heterocycles. The minimum atomic E-state index is -0.220. The predicted molar refractivity (Wildman–Crippen MR) is 120 cm³/mol. The molecule has 0 bridgehead atoms. The first-order chi connectivity index (χ1) is 14.1. The summed E-state index contributed by atoms with van der Waals surface area (Å²) in [5, 5.41) is 5.84. The van der Waals surface area contributed by atoms with Gasteiger partial charge in [0.25, 0.3) is 11.8 Å². The Balaban J connectivity index is 1.70. The van der Waals surface area contributed by atoms with E-state index in [4.69, 9.17) is 0 Å². The average molecular weight is 405 g/mol. The second-order valence-corrected chi connectivity index (χ2v) is 7.55. The molecule has 2 N–H and O–H groups in total. The Morgan fingerprint density at radius 3 is 2.34 bits per heavy atom. The van der Waals surface area contributed by atoms with E-state index in [0.29, 0.717) is 23.4 Å². The van der Waals surface area contributed by atoms with Crippen LogP contribution in [0.3, 0.4) is 0 Å². The van der Waals surface area contributed by atoms with Crippen LogP contribution < -0.4 is 10.6 Å². The predicted octanol–water partition coefficient (Wildman–Crippen LogP) is 4.94. The number of para-hydroxylation sites is 1. The van der Waals surface area contributed by atoms with Crippen LogP contribution in [0.4, 0.5) is 5.69 Å². The SMILES string of the molecule is CSc1ccc(C)c(C(=O)Nc2ccccc2C(=O)NCCc2ccccc2)c1. The van der Waals surface area contributed by atoms with E-state index in [-0.39, 0.29) is 11.8 Å². The lowest BCUT2D eigenvalue weighted by Crippen LogP contribution is -2.27. The van der Waals surface area contributed by atoms with Gasteiger partial charge in [0.1, 0.15) is 0 Å². The molecule has 2 amide bonds. The van der Waals surface area contributed by atoms with Crippen molar-refractivity contribution in [2.24, 2.45) is 0 Å². The zero-order chi connectivity index (χ0) is 20.6. The molecule has 0 saturated heterocycles. The molecular weight excluding hydrogens is 380 g/mol. The summed E-state index contributed by atoms with van der Waals surface area (Å²) < 4.78 is 0. The molecule has 0 fully saturated rings. The molecular formula is C24H24N2O2S. The molecule has 4 nitrogen and oxygen atoms in total. The van der Waals surface area contributed by atoms with Crippen LogP contribution in [0.2, 0.25) is 0 Å². The van der Waals surface area contributed by atoms with Crippen LogP contribution in [-0.2, 0) is 6.42 Å². The van der Waals surface area contributed by atoms with Crippen molar-refractivity contribution in [1.82, 2.24) is 5.32 Å². The van der Waals surface area contributed by atoms with Gasteiger partial charge < -0.3 is 10.6 Å². The minimum Gasteiger partial charge on any atom is -0.352 e. The fraction of sp³-hybridized carbons (Fsp3) is 0.167. The third-order valence-corrected chi connectivity index (χ3v) is 5.38. The fourth-order valence-corrected chi connectivity index (χ4v) is 3.45. The number of hydrogen-bond donors (Lipinski definition) is 2. The van der Waals surface area contributed by atoms with Gasteiger partial charge in [-0.05, 0) is 55.0 Å². The Morgan fingerprint density at radius 2 is 1.59 bits per heavy atom. The second-order valence-electron chi connectivity index (χ2n) is 6.67. The van der Waals surface area contributed by atoms with Crippen molar-refractivity contribution in [2.75, 3.05) is 18.1 Å². The standard InChI is InChI=1S/C24H24N2O2S/c1-17-12-13-19(29-2)16-21(17)24(28)26-22-11-7-6-10-20(22)23(27)25-15-14-18-8-4-3-5-9-18/h3-13,16H,14-15H2,1-2H3,(H,25,27)(H,26,28). The number of benzene rings is 3. The van der Waals surface area contributed by atoms with E-state index >= 15 is 0 Å². The first-order valence-corrected chi connectivity index (χ1v) is 10.7. The first kappa shape index (κ1) is 20.7. The van der Waals surface area contributed by atoms with E-state index in [0.717, 1.165) is 16.9 Å². The third kappa shape index (κ3) is 5.48. The largest absolute Gasteiger partial charge is 0.352 e. The van der Waals surface area contributed by atoms with Crippen LogP contribution in [0.1, 0.15) is 31.8 Å². The summed E-state index contributed by atoms with van der Waals surface area (Å²) in [6, 6.07) is 22.9. The number of rotatable bonds is 7. The van der Waals surface area contributed by atoms with E-state index in [1.807, 2.05) is 67.8 Å². The topological polar surface area (TPSA) is 58.2 Å². The zero-order valence-corrected chi connectivity index (χ0v) is 17.4. The second kappa shape index (κ2) is 9.94. The number of aryl methyl sites for hydroxylation is 1. The molecule has 5 heteroatoms. The first-order valence-electron chi connectivity index (χ1n) is 9.45. The average Bonchev–Trinajstić information content (AvgIpc) is 2.75. The number of carbonyl (C=O) groups is 2. The molecule has 0 aliphatic carbocycles. The van der Waals surface area contributed by atoms with Crippen molar-refractivity contribution < 1.29 is 9.59 Å². The lowest BCUT2D eigenvalue weighted by atomic mass is 10.1. The van der Waals surface area contributed by atoms with Crippen LogP contribution >= 0.6 is 11.8 Å². The van der Waals surface area contributed by atoms with Crippen molar-refractivity contribution in [1.29, 1.82) is 0 Å². The Morgan fingerprint density at radius 1 is 0.862 bits per heavy atom. The molecule has 0 unspecified atom stereocenters. The van der Waals surface area contributed by atoms with Crippen LogP contribution in [0.15, 0.2) is 77.7 Å². The van der Waals surface area contributed by atoms with Gasteiger partial charge >= 0.3 is 0 Å². The summed E-state index contributed by atoms with van der Waals surface area (Å²) >= 11 is 1.59. The van der Waals surface area contributed by atoms with Crippen LogP contribution in [0.25, 0.3) is 0 Å². The van der Waals surface area contributed by atoms with E-state index < -0.39 is 0 Å². The van der Waals surface area contributed by atoms with Crippen molar-refractivity contribution >= 4 is 29.3 Å². The van der Waals surface area contributed by atoms with Crippen molar-refractivity contribution in [3.63, 3.8) is 0 Å². The van der Waals surface area contributed by atoms with Crippen LogP contribution in [-0.4, -0.2) is 24.6 Å². The van der Waals surface area contributed by atoms with E-state index in [1.54, 1.807) is 30.0 Å².